The normalized spacial score (nSPS) is 38.5. The average molecular weight is 161 g/mol. The van der Waals surface area contributed by atoms with Gasteiger partial charge in [-0.1, -0.05) is 0 Å². The van der Waals surface area contributed by atoms with E-state index in [-0.39, 0.29) is 6.54 Å². The van der Waals surface area contributed by atoms with Gasteiger partial charge in [-0.15, -0.1) is 0 Å². The van der Waals surface area contributed by atoms with E-state index in [4.69, 9.17) is 10.2 Å². The van der Waals surface area contributed by atoms with Crippen molar-refractivity contribution in [1.29, 1.82) is 0 Å². The number of hydrazine groups is 1. The molecule has 0 amide bonds. The fourth-order valence-electron chi connectivity index (χ4n) is 0.900. The van der Waals surface area contributed by atoms with Crippen LogP contribution in [0, 0.1) is 0 Å². The molecule has 1 fully saturated rings. The fourth-order valence-corrected chi connectivity index (χ4v) is 0.900. The smallest absolute Gasteiger partial charge is 0.103 e. The second-order valence-electron chi connectivity index (χ2n) is 2.38. The molecule has 4 N–H and O–H groups in total. The standard InChI is InChI=1S/C5H10N2O4/c8-2-1-6-7-3(4(2)9)5(10)11/h2-4,6-9H,1H2,(H,10,11)/p-1/t2-,3-,4+/m1/s1. The Bertz CT molecular complexity index is 163. The van der Waals surface area contributed by atoms with Crippen LogP contribution < -0.4 is 16.0 Å². The Labute approximate surface area is 62.8 Å². The van der Waals surface area contributed by atoms with Crippen LogP contribution in [0.25, 0.3) is 0 Å². The summed E-state index contributed by atoms with van der Waals surface area (Å²) in [4.78, 5) is 10.2. The molecule has 1 rings (SSSR count). The summed E-state index contributed by atoms with van der Waals surface area (Å²) in [6.45, 7) is 0.116. The third kappa shape index (κ3) is 1.66. The number of aliphatic carboxylic acids is 1. The van der Waals surface area contributed by atoms with Crippen molar-refractivity contribution in [1.82, 2.24) is 10.9 Å². The maximum atomic E-state index is 10.2. The van der Waals surface area contributed by atoms with E-state index in [1.54, 1.807) is 0 Å². The number of aliphatic hydroxyl groups is 2. The predicted molar refractivity (Wildman–Crippen MR) is 31.9 cm³/mol. The molecule has 64 valence electrons. The number of β-amino-alcohol motifs (C(OH)–C–C–N with tert-alkyl or cyclic N) is 1. The van der Waals surface area contributed by atoms with Crippen LogP contribution in [0.15, 0.2) is 0 Å². The van der Waals surface area contributed by atoms with Crippen molar-refractivity contribution in [2.75, 3.05) is 6.54 Å². The molecule has 1 aliphatic rings. The number of carbonyl (C=O) groups is 1. The molecule has 1 saturated heterocycles. The molecule has 0 unspecified atom stereocenters. The molecule has 0 spiro atoms. The Morgan fingerprint density at radius 3 is 2.64 bits per heavy atom. The number of carboxylic acids is 1. The third-order valence-corrected chi connectivity index (χ3v) is 1.56. The SMILES string of the molecule is O=C([O-])[C@@H]1NNC[C@@H](O)[C@@H]1O. The van der Waals surface area contributed by atoms with Crippen LogP contribution in [0.3, 0.4) is 0 Å². The molecule has 0 radical (unpaired) electrons. The van der Waals surface area contributed by atoms with E-state index in [0.29, 0.717) is 0 Å². The fraction of sp³-hybridized carbons (Fsp3) is 0.800. The minimum Gasteiger partial charge on any atom is -0.548 e. The Balaban J connectivity index is 2.58. The molecule has 0 aromatic carbocycles. The predicted octanol–water partition coefficient (Wildman–Crippen LogP) is -4.07. The molecule has 0 saturated carbocycles. The quantitative estimate of drug-likeness (QED) is 0.312. The van der Waals surface area contributed by atoms with Gasteiger partial charge in [0, 0.05) is 6.54 Å². The number of carboxylic acid groups (broad SMARTS) is 1. The molecule has 6 heteroatoms. The van der Waals surface area contributed by atoms with E-state index in [1.165, 1.54) is 0 Å². The van der Waals surface area contributed by atoms with Gasteiger partial charge in [-0.3, -0.25) is 5.43 Å². The van der Waals surface area contributed by atoms with E-state index in [2.05, 4.69) is 10.9 Å². The molecule has 11 heavy (non-hydrogen) atoms. The van der Waals surface area contributed by atoms with Gasteiger partial charge in [-0.25, -0.2) is 5.43 Å². The van der Waals surface area contributed by atoms with Gasteiger partial charge in [0.25, 0.3) is 0 Å². The monoisotopic (exact) mass is 161 g/mol. The average Bonchev–Trinajstić information content (AvgIpc) is 1.94. The first-order valence-electron chi connectivity index (χ1n) is 3.18. The van der Waals surface area contributed by atoms with Gasteiger partial charge in [0.1, 0.15) is 6.10 Å². The van der Waals surface area contributed by atoms with Gasteiger partial charge in [0.15, 0.2) is 0 Å². The number of carbonyl (C=O) groups excluding carboxylic acids is 1. The summed E-state index contributed by atoms with van der Waals surface area (Å²) in [5, 5.41) is 28.2. The van der Waals surface area contributed by atoms with Crippen LogP contribution in [0.2, 0.25) is 0 Å². The molecule has 1 heterocycles. The first-order valence-corrected chi connectivity index (χ1v) is 3.18. The van der Waals surface area contributed by atoms with Crippen molar-refractivity contribution >= 4 is 5.97 Å². The van der Waals surface area contributed by atoms with Crippen molar-refractivity contribution in [3.8, 4) is 0 Å². The molecule has 0 bridgehead atoms. The molecule has 1 aliphatic heterocycles. The van der Waals surface area contributed by atoms with Crippen molar-refractivity contribution < 1.29 is 20.1 Å². The lowest BCUT2D eigenvalue weighted by atomic mass is 10.0. The van der Waals surface area contributed by atoms with Gasteiger partial charge in [0.05, 0.1) is 18.1 Å². The lowest BCUT2D eigenvalue weighted by Gasteiger charge is -2.33. The zero-order chi connectivity index (χ0) is 8.43. The van der Waals surface area contributed by atoms with Gasteiger partial charge < -0.3 is 20.1 Å². The minimum absolute atomic E-state index is 0.116. The van der Waals surface area contributed by atoms with E-state index in [9.17, 15) is 9.90 Å². The number of nitrogens with one attached hydrogen (secondary N) is 2. The third-order valence-electron chi connectivity index (χ3n) is 1.56. The Kier molecular flexibility index (Phi) is 2.40. The lowest BCUT2D eigenvalue weighted by Crippen LogP contribution is -2.66. The van der Waals surface area contributed by atoms with Crippen LogP contribution in [0.4, 0.5) is 0 Å². The van der Waals surface area contributed by atoms with Crippen LogP contribution in [0.1, 0.15) is 0 Å². The lowest BCUT2D eigenvalue weighted by molar-refractivity contribution is -0.312. The zero-order valence-corrected chi connectivity index (χ0v) is 5.65. The maximum absolute atomic E-state index is 10.2. The molecule has 0 aromatic heterocycles. The van der Waals surface area contributed by atoms with Crippen molar-refractivity contribution in [2.24, 2.45) is 0 Å². The number of aliphatic hydroxyl groups excluding tert-OH is 2. The van der Waals surface area contributed by atoms with Crippen LogP contribution in [-0.2, 0) is 4.79 Å². The van der Waals surface area contributed by atoms with E-state index < -0.39 is 24.2 Å². The second kappa shape index (κ2) is 3.14. The number of hydrogen-bond acceptors (Lipinski definition) is 6. The Morgan fingerprint density at radius 1 is 1.55 bits per heavy atom. The van der Waals surface area contributed by atoms with Gasteiger partial charge >= 0.3 is 0 Å². The summed E-state index contributed by atoms with van der Waals surface area (Å²) >= 11 is 0. The highest BCUT2D eigenvalue weighted by Crippen LogP contribution is 2.01. The van der Waals surface area contributed by atoms with Gasteiger partial charge in [-0.05, 0) is 0 Å². The largest absolute Gasteiger partial charge is 0.548 e. The topological polar surface area (TPSA) is 105 Å². The minimum atomic E-state index is -1.44. The van der Waals surface area contributed by atoms with Crippen LogP contribution >= 0.6 is 0 Å². The summed E-state index contributed by atoms with van der Waals surface area (Å²) < 4.78 is 0. The molecule has 0 aromatic rings. The van der Waals surface area contributed by atoms with E-state index >= 15 is 0 Å². The number of hydrogen-bond donors (Lipinski definition) is 4. The molecule has 6 nitrogen and oxygen atoms in total. The number of rotatable bonds is 1. The van der Waals surface area contributed by atoms with Gasteiger partial charge in [-0.2, -0.15) is 0 Å². The first-order chi connectivity index (χ1) is 5.13. The highest BCUT2D eigenvalue weighted by Gasteiger charge is 2.30. The second-order valence-corrected chi connectivity index (χ2v) is 2.38. The first kappa shape index (κ1) is 8.41. The van der Waals surface area contributed by atoms with Crippen LogP contribution in [-0.4, -0.2) is 41.0 Å². The Morgan fingerprint density at radius 2 is 2.18 bits per heavy atom. The zero-order valence-electron chi connectivity index (χ0n) is 5.65. The van der Waals surface area contributed by atoms with E-state index in [0.717, 1.165) is 0 Å². The van der Waals surface area contributed by atoms with Crippen molar-refractivity contribution in [3.05, 3.63) is 0 Å². The summed E-state index contributed by atoms with van der Waals surface area (Å²) in [6.07, 6.45) is -2.39. The molecule has 3 atom stereocenters. The van der Waals surface area contributed by atoms with E-state index in [1.807, 2.05) is 0 Å². The molecular weight excluding hydrogens is 152 g/mol. The summed E-state index contributed by atoms with van der Waals surface area (Å²) in [5.74, 6) is -1.44. The van der Waals surface area contributed by atoms with Crippen molar-refractivity contribution in [2.45, 2.75) is 18.2 Å². The maximum Gasteiger partial charge on any atom is 0.103 e. The molecular formula is C5H9N2O4-. The van der Waals surface area contributed by atoms with Crippen LogP contribution in [0.5, 0.6) is 0 Å². The summed E-state index contributed by atoms with van der Waals surface area (Å²) in [5.41, 5.74) is 4.69. The summed E-state index contributed by atoms with van der Waals surface area (Å²) in [6, 6.07) is -1.25. The van der Waals surface area contributed by atoms with Gasteiger partial charge in [0.2, 0.25) is 0 Å². The highest BCUT2D eigenvalue weighted by molar-refractivity contribution is 5.72. The molecule has 0 aliphatic carbocycles. The highest BCUT2D eigenvalue weighted by atomic mass is 16.4. The Hall–Kier alpha value is -0.690. The summed E-state index contributed by atoms with van der Waals surface area (Å²) in [7, 11) is 0. The van der Waals surface area contributed by atoms with Crippen molar-refractivity contribution in [3.63, 3.8) is 0 Å².